The maximum absolute atomic E-state index is 10.2. The minimum atomic E-state index is -1.20. The summed E-state index contributed by atoms with van der Waals surface area (Å²) in [6.07, 6.45) is 0. The lowest BCUT2D eigenvalue weighted by Gasteiger charge is -1.84. The first-order valence-corrected chi connectivity index (χ1v) is 3.06. The Morgan fingerprint density at radius 3 is 2.60 bits per heavy atom. The van der Waals surface area contributed by atoms with Crippen LogP contribution in [0.1, 0.15) is 10.5 Å². The van der Waals surface area contributed by atoms with E-state index in [9.17, 15) is 4.79 Å². The van der Waals surface area contributed by atoms with Crippen molar-refractivity contribution in [1.82, 2.24) is 5.16 Å². The van der Waals surface area contributed by atoms with E-state index in [-0.39, 0.29) is 16.1 Å². The van der Waals surface area contributed by atoms with Crippen molar-refractivity contribution in [3.63, 3.8) is 0 Å². The molecule has 0 saturated heterocycles. The van der Waals surface area contributed by atoms with E-state index in [0.717, 1.165) is 0 Å². The molecule has 5 nitrogen and oxygen atoms in total. The summed E-state index contributed by atoms with van der Waals surface area (Å²) in [6.45, 7) is 0. The van der Waals surface area contributed by atoms with Crippen LogP contribution in [0, 0.1) is 0 Å². The molecule has 0 bridgehead atoms. The number of aromatic carboxylic acids is 1. The second-order valence-electron chi connectivity index (χ2n) is 1.52. The number of nitrogens with zero attached hydrogens (tertiary/aromatic N) is 1. The first-order valence-electron chi connectivity index (χ1n) is 2.27. The Morgan fingerprint density at radius 1 is 1.80 bits per heavy atom. The third kappa shape index (κ3) is 0.971. The highest BCUT2D eigenvalue weighted by Gasteiger charge is 2.16. The molecule has 0 unspecified atom stereocenters. The van der Waals surface area contributed by atoms with E-state index in [2.05, 4.69) is 25.6 Å². The van der Waals surface area contributed by atoms with Crippen molar-refractivity contribution in [1.29, 1.82) is 0 Å². The Bertz CT molecular complexity index is 269. The molecule has 1 heterocycles. The van der Waals surface area contributed by atoms with Crippen molar-refractivity contribution in [3.8, 4) is 0 Å². The number of carboxylic acids is 1. The number of hydrogen-bond donors (Lipinski definition) is 2. The molecule has 3 N–H and O–H groups in total. The zero-order chi connectivity index (χ0) is 7.72. The minimum absolute atomic E-state index is 0.00694. The lowest BCUT2D eigenvalue weighted by Crippen LogP contribution is -2.00. The Kier molecular flexibility index (Phi) is 1.62. The largest absolute Gasteiger partial charge is 0.476 e. The molecule has 0 radical (unpaired) electrons. The zero-order valence-corrected chi connectivity index (χ0v) is 6.25. The van der Waals surface area contributed by atoms with E-state index in [1.807, 2.05) is 0 Å². The number of carbonyl (C=O) groups is 1. The number of nitrogen functional groups attached to an aromatic ring is 1. The fourth-order valence-corrected chi connectivity index (χ4v) is 0.692. The van der Waals surface area contributed by atoms with E-state index in [4.69, 9.17) is 10.8 Å². The molecule has 10 heavy (non-hydrogen) atoms. The smallest absolute Gasteiger partial charge is 0.360 e. The number of anilines is 1. The van der Waals surface area contributed by atoms with Gasteiger partial charge in [0.25, 0.3) is 0 Å². The summed E-state index contributed by atoms with van der Waals surface area (Å²) in [5.74, 6) is -1.20. The van der Waals surface area contributed by atoms with E-state index in [1.54, 1.807) is 0 Å². The summed E-state index contributed by atoms with van der Waals surface area (Å²) >= 11 is 2.87. The lowest BCUT2D eigenvalue weighted by molar-refractivity contribution is 0.0686. The summed E-state index contributed by atoms with van der Waals surface area (Å²) in [7, 11) is 0. The summed E-state index contributed by atoms with van der Waals surface area (Å²) in [6, 6.07) is 0. The SMILES string of the molecule is Nc1c(C(=O)O)noc1Br. The minimum Gasteiger partial charge on any atom is -0.476 e. The highest BCUT2D eigenvalue weighted by Crippen LogP contribution is 2.21. The van der Waals surface area contributed by atoms with Crippen LogP contribution < -0.4 is 5.73 Å². The van der Waals surface area contributed by atoms with Gasteiger partial charge in [0.15, 0.2) is 0 Å². The maximum atomic E-state index is 10.2. The second kappa shape index (κ2) is 2.30. The van der Waals surface area contributed by atoms with Crippen LogP contribution in [0.2, 0.25) is 0 Å². The monoisotopic (exact) mass is 206 g/mol. The Morgan fingerprint density at radius 2 is 2.40 bits per heavy atom. The van der Waals surface area contributed by atoms with Gasteiger partial charge in [-0.3, -0.25) is 0 Å². The van der Waals surface area contributed by atoms with Crippen molar-refractivity contribution in [2.75, 3.05) is 5.73 Å². The average Bonchev–Trinajstić information content (AvgIpc) is 2.14. The van der Waals surface area contributed by atoms with Gasteiger partial charge >= 0.3 is 5.97 Å². The molecule has 54 valence electrons. The van der Waals surface area contributed by atoms with E-state index in [0.29, 0.717) is 0 Å². The first kappa shape index (κ1) is 7.07. The Balaban J connectivity index is 3.17. The van der Waals surface area contributed by atoms with E-state index >= 15 is 0 Å². The van der Waals surface area contributed by atoms with Crippen LogP contribution in [0.4, 0.5) is 5.69 Å². The third-order valence-corrected chi connectivity index (χ3v) is 1.46. The normalized spacial score (nSPS) is 9.70. The van der Waals surface area contributed by atoms with Gasteiger partial charge in [0, 0.05) is 0 Å². The van der Waals surface area contributed by atoms with Gasteiger partial charge in [0.1, 0.15) is 5.69 Å². The van der Waals surface area contributed by atoms with Crippen LogP contribution in [0.25, 0.3) is 0 Å². The summed E-state index contributed by atoms with van der Waals surface area (Å²) < 4.78 is 4.56. The van der Waals surface area contributed by atoms with Gasteiger partial charge in [-0.2, -0.15) is 0 Å². The fraction of sp³-hybridized carbons (Fsp3) is 0. The van der Waals surface area contributed by atoms with E-state index < -0.39 is 5.97 Å². The van der Waals surface area contributed by atoms with Gasteiger partial charge in [-0.05, 0) is 15.9 Å². The third-order valence-electron chi connectivity index (χ3n) is 0.887. The fourth-order valence-electron chi connectivity index (χ4n) is 0.431. The average molecular weight is 207 g/mol. The predicted molar refractivity (Wildman–Crippen MR) is 35.6 cm³/mol. The number of rotatable bonds is 1. The van der Waals surface area contributed by atoms with Crippen LogP contribution in [-0.2, 0) is 0 Å². The van der Waals surface area contributed by atoms with Crippen molar-refractivity contribution in [3.05, 3.63) is 10.4 Å². The molecule has 0 atom stereocenters. The molecule has 0 spiro atoms. The van der Waals surface area contributed by atoms with Gasteiger partial charge in [-0.1, -0.05) is 5.16 Å². The van der Waals surface area contributed by atoms with Crippen molar-refractivity contribution in [2.45, 2.75) is 0 Å². The van der Waals surface area contributed by atoms with Crippen LogP contribution >= 0.6 is 15.9 Å². The molecule has 1 aromatic rings. The standard InChI is InChI=1S/C4H3BrN2O3/c5-3-1(6)2(4(8)9)7-10-3/h6H2,(H,8,9). The van der Waals surface area contributed by atoms with Crippen molar-refractivity contribution < 1.29 is 14.4 Å². The van der Waals surface area contributed by atoms with Gasteiger partial charge in [-0.15, -0.1) is 0 Å². The molecule has 0 aromatic carbocycles. The lowest BCUT2D eigenvalue weighted by atomic mass is 10.4. The number of hydrogen-bond acceptors (Lipinski definition) is 4. The first-order chi connectivity index (χ1) is 4.63. The quantitative estimate of drug-likeness (QED) is 0.707. The van der Waals surface area contributed by atoms with Crippen molar-refractivity contribution in [2.24, 2.45) is 0 Å². The number of carboxylic acid groups (broad SMARTS) is 1. The molecule has 1 aromatic heterocycles. The van der Waals surface area contributed by atoms with E-state index in [1.165, 1.54) is 0 Å². The molecule has 0 saturated carbocycles. The Hall–Kier alpha value is -1.04. The molecular formula is C4H3BrN2O3. The van der Waals surface area contributed by atoms with Crippen LogP contribution in [0.15, 0.2) is 9.19 Å². The van der Waals surface area contributed by atoms with Crippen LogP contribution in [0.5, 0.6) is 0 Å². The molecule has 1 rings (SSSR count). The highest BCUT2D eigenvalue weighted by molar-refractivity contribution is 9.10. The van der Waals surface area contributed by atoms with Crippen molar-refractivity contribution >= 4 is 27.6 Å². The molecule has 0 fully saturated rings. The summed E-state index contributed by atoms with van der Waals surface area (Å²) in [5.41, 5.74) is 4.96. The summed E-state index contributed by atoms with van der Waals surface area (Å²) in [4.78, 5) is 10.2. The summed E-state index contributed by atoms with van der Waals surface area (Å²) in [5, 5.41) is 11.5. The molecule has 0 aliphatic heterocycles. The molecule has 0 aliphatic rings. The van der Waals surface area contributed by atoms with Gasteiger partial charge in [-0.25, -0.2) is 4.79 Å². The highest BCUT2D eigenvalue weighted by atomic mass is 79.9. The van der Waals surface area contributed by atoms with Crippen LogP contribution in [0.3, 0.4) is 0 Å². The molecular weight excluding hydrogens is 204 g/mol. The predicted octanol–water partition coefficient (Wildman–Crippen LogP) is 0.718. The van der Waals surface area contributed by atoms with Gasteiger partial charge < -0.3 is 15.4 Å². The molecule has 0 amide bonds. The zero-order valence-electron chi connectivity index (χ0n) is 4.67. The number of aromatic nitrogens is 1. The number of nitrogens with two attached hydrogens (primary N) is 1. The molecule has 0 aliphatic carbocycles. The Labute approximate surface area is 63.9 Å². The second-order valence-corrected chi connectivity index (χ2v) is 2.24. The number of halogens is 1. The van der Waals surface area contributed by atoms with Gasteiger partial charge in [0.05, 0.1) is 0 Å². The maximum Gasteiger partial charge on any atom is 0.360 e. The van der Waals surface area contributed by atoms with Gasteiger partial charge in [0.2, 0.25) is 10.4 Å². The van der Waals surface area contributed by atoms with Crippen LogP contribution in [-0.4, -0.2) is 16.2 Å². The molecule has 6 heteroatoms. The topological polar surface area (TPSA) is 89.4 Å².